The molecule has 0 bridgehead atoms. The Balaban J connectivity index is 2.14. The predicted octanol–water partition coefficient (Wildman–Crippen LogP) is 2.74. The van der Waals surface area contributed by atoms with Crippen LogP contribution in [-0.4, -0.2) is 44.4 Å². The lowest BCUT2D eigenvalue weighted by Crippen LogP contribution is -2.28. The number of rotatable bonds is 10. The highest BCUT2D eigenvalue weighted by atomic mass is 16.5. The van der Waals surface area contributed by atoms with E-state index in [-0.39, 0.29) is 23.8 Å². The van der Waals surface area contributed by atoms with Crippen LogP contribution in [0.25, 0.3) is 0 Å². The summed E-state index contributed by atoms with van der Waals surface area (Å²) in [5, 5.41) is 11.8. The van der Waals surface area contributed by atoms with Gasteiger partial charge in [-0.3, -0.25) is 9.59 Å². The quantitative estimate of drug-likeness (QED) is 0.600. The molecule has 8 nitrogen and oxygen atoms in total. The lowest BCUT2D eigenvalue weighted by molar-refractivity contribution is -0.136. The van der Waals surface area contributed by atoms with E-state index in [1.807, 2.05) is 13.0 Å². The van der Waals surface area contributed by atoms with Crippen molar-refractivity contribution in [3.63, 3.8) is 0 Å². The van der Waals surface area contributed by atoms with Crippen LogP contribution in [0.3, 0.4) is 0 Å². The molecule has 2 rings (SSSR count). The number of nitrogens with one attached hydrogen (secondary N) is 1. The molecule has 0 aliphatic heterocycles. The molecule has 0 spiro atoms. The average molecular weight is 391 g/mol. The number of aryl methyl sites for hydroxylation is 1. The van der Waals surface area contributed by atoms with E-state index in [2.05, 4.69) is 5.32 Å². The minimum absolute atomic E-state index is 0.133. The molecule has 2 aromatic rings. The SMILES string of the molecule is COCCOc1ccc(C(C)NC(=O)c2c(C)coc2CC(=O)O)cc1OC. The Morgan fingerprint density at radius 2 is 1.96 bits per heavy atom. The third kappa shape index (κ3) is 5.26. The topological polar surface area (TPSA) is 107 Å². The molecule has 1 aromatic carbocycles. The first-order valence-electron chi connectivity index (χ1n) is 8.76. The lowest BCUT2D eigenvalue weighted by atomic mass is 10.1. The van der Waals surface area contributed by atoms with E-state index in [9.17, 15) is 9.59 Å². The van der Waals surface area contributed by atoms with Gasteiger partial charge in [0, 0.05) is 12.7 Å². The first-order chi connectivity index (χ1) is 13.4. The number of carboxylic acids is 1. The number of hydrogen-bond acceptors (Lipinski definition) is 6. The van der Waals surface area contributed by atoms with Crippen molar-refractivity contribution < 1.29 is 33.3 Å². The number of carboxylic acid groups (broad SMARTS) is 1. The molecule has 1 amide bonds. The Labute approximate surface area is 163 Å². The molecule has 0 radical (unpaired) electrons. The number of amides is 1. The minimum Gasteiger partial charge on any atom is -0.493 e. The lowest BCUT2D eigenvalue weighted by Gasteiger charge is -2.17. The first kappa shape index (κ1) is 21.3. The van der Waals surface area contributed by atoms with E-state index in [0.29, 0.717) is 30.3 Å². The Kier molecular flexibility index (Phi) is 7.45. The van der Waals surface area contributed by atoms with Crippen LogP contribution in [0.15, 0.2) is 28.9 Å². The number of furan rings is 1. The number of benzene rings is 1. The molecule has 0 saturated carbocycles. The molecule has 2 N–H and O–H groups in total. The number of hydrogen-bond donors (Lipinski definition) is 2. The summed E-state index contributed by atoms with van der Waals surface area (Å²) in [7, 11) is 3.14. The van der Waals surface area contributed by atoms with Crippen LogP contribution < -0.4 is 14.8 Å². The Hall–Kier alpha value is -3.00. The number of ether oxygens (including phenoxy) is 3. The number of methoxy groups -OCH3 is 2. The summed E-state index contributed by atoms with van der Waals surface area (Å²) in [6.07, 6.45) is 1.03. The number of carbonyl (C=O) groups is 2. The molecule has 152 valence electrons. The van der Waals surface area contributed by atoms with Gasteiger partial charge in [0.2, 0.25) is 0 Å². The van der Waals surface area contributed by atoms with Crippen LogP contribution in [0, 0.1) is 6.92 Å². The summed E-state index contributed by atoms with van der Waals surface area (Å²) in [5.74, 6) is -0.203. The van der Waals surface area contributed by atoms with Crippen LogP contribution in [-0.2, 0) is 16.0 Å². The van der Waals surface area contributed by atoms with E-state index in [1.165, 1.54) is 6.26 Å². The van der Waals surface area contributed by atoms with E-state index < -0.39 is 11.9 Å². The van der Waals surface area contributed by atoms with E-state index >= 15 is 0 Å². The van der Waals surface area contributed by atoms with Gasteiger partial charge < -0.3 is 29.1 Å². The zero-order chi connectivity index (χ0) is 20.7. The van der Waals surface area contributed by atoms with Crippen LogP contribution >= 0.6 is 0 Å². The molecule has 1 heterocycles. The summed E-state index contributed by atoms with van der Waals surface area (Å²) in [5.41, 5.74) is 1.64. The smallest absolute Gasteiger partial charge is 0.311 e. The van der Waals surface area contributed by atoms with E-state index in [0.717, 1.165) is 5.56 Å². The van der Waals surface area contributed by atoms with Gasteiger partial charge in [0.05, 0.1) is 31.6 Å². The summed E-state index contributed by atoms with van der Waals surface area (Å²) in [6.45, 7) is 4.37. The summed E-state index contributed by atoms with van der Waals surface area (Å²) >= 11 is 0. The molecular formula is C20H25NO7. The molecule has 0 aliphatic rings. The van der Waals surface area contributed by atoms with Gasteiger partial charge in [0.15, 0.2) is 11.5 Å². The van der Waals surface area contributed by atoms with Crippen molar-refractivity contribution >= 4 is 11.9 Å². The second kappa shape index (κ2) is 9.80. The Morgan fingerprint density at radius 1 is 1.21 bits per heavy atom. The zero-order valence-corrected chi connectivity index (χ0v) is 16.4. The highest BCUT2D eigenvalue weighted by Gasteiger charge is 2.22. The van der Waals surface area contributed by atoms with Crippen molar-refractivity contribution in [1.82, 2.24) is 5.32 Å². The van der Waals surface area contributed by atoms with Crippen LogP contribution in [0.2, 0.25) is 0 Å². The van der Waals surface area contributed by atoms with Crippen molar-refractivity contribution in [1.29, 1.82) is 0 Å². The maximum Gasteiger partial charge on any atom is 0.311 e. The van der Waals surface area contributed by atoms with Gasteiger partial charge in [0.1, 0.15) is 18.8 Å². The molecular weight excluding hydrogens is 366 g/mol. The van der Waals surface area contributed by atoms with Crippen molar-refractivity contribution in [2.45, 2.75) is 26.3 Å². The average Bonchev–Trinajstić information content (AvgIpc) is 3.01. The van der Waals surface area contributed by atoms with Gasteiger partial charge in [-0.05, 0) is 31.5 Å². The molecule has 0 aliphatic carbocycles. The largest absolute Gasteiger partial charge is 0.493 e. The van der Waals surface area contributed by atoms with Gasteiger partial charge in [-0.15, -0.1) is 0 Å². The molecule has 28 heavy (non-hydrogen) atoms. The second-order valence-corrected chi connectivity index (χ2v) is 6.23. The predicted molar refractivity (Wildman–Crippen MR) is 101 cm³/mol. The van der Waals surface area contributed by atoms with E-state index in [1.54, 1.807) is 33.3 Å². The Morgan fingerprint density at radius 3 is 2.61 bits per heavy atom. The van der Waals surface area contributed by atoms with E-state index in [4.69, 9.17) is 23.7 Å². The van der Waals surface area contributed by atoms with Crippen LogP contribution in [0.1, 0.15) is 40.2 Å². The number of carbonyl (C=O) groups excluding carboxylic acids is 1. The molecule has 1 atom stereocenters. The minimum atomic E-state index is -1.06. The summed E-state index contributed by atoms with van der Waals surface area (Å²) in [6, 6.07) is 5.04. The highest BCUT2D eigenvalue weighted by Crippen LogP contribution is 2.30. The van der Waals surface area contributed by atoms with Gasteiger partial charge in [0.25, 0.3) is 5.91 Å². The summed E-state index contributed by atoms with van der Waals surface area (Å²) in [4.78, 5) is 23.6. The summed E-state index contributed by atoms with van der Waals surface area (Å²) < 4.78 is 21.2. The fourth-order valence-electron chi connectivity index (χ4n) is 2.73. The van der Waals surface area contributed by atoms with Gasteiger partial charge in [-0.2, -0.15) is 0 Å². The third-order valence-electron chi connectivity index (χ3n) is 4.17. The fraction of sp³-hybridized carbons (Fsp3) is 0.400. The molecule has 0 saturated heterocycles. The van der Waals surface area contributed by atoms with Gasteiger partial charge in [-0.25, -0.2) is 0 Å². The second-order valence-electron chi connectivity index (χ2n) is 6.23. The first-order valence-corrected chi connectivity index (χ1v) is 8.76. The maximum absolute atomic E-state index is 12.7. The zero-order valence-electron chi connectivity index (χ0n) is 16.4. The van der Waals surface area contributed by atoms with Gasteiger partial charge in [-0.1, -0.05) is 6.07 Å². The molecule has 1 unspecified atom stereocenters. The standard InChI is InChI=1S/C20H25NO7/c1-12-11-28-17(10-18(22)23)19(12)20(24)21-13(2)14-5-6-15(16(9-14)26-4)27-8-7-25-3/h5-6,9,11,13H,7-8,10H2,1-4H3,(H,21,24)(H,22,23). The fourth-order valence-corrected chi connectivity index (χ4v) is 2.73. The maximum atomic E-state index is 12.7. The molecule has 8 heteroatoms. The highest BCUT2D eigenvalue weighted by molar-refractivity contribution is 5.97. The van der Waals surface area contributed by atoms with Crippen molar-refractivity contribution in [3.05, 3.63) is 46.9 Å². The normalized spacial score (nSPS) is 11.7. The van der Waals surface area contributed by atoms with Crippen molar-refractivity contribution in [2.75, 3.05) is 27.4 Å². The van der Waals surface area contributed by atoms with Crippen LogP contribution in [0.4, 0.5) is 0 Å². The van der Waals surface area contributed by atoms with Crippen molar-refractivity contribution in [3.8, 4) is 11.5 Å². The Bertz CT molecular complexity index is 828. The van der Waals surface area contributed by atoms with Crippen LogP contribution in [0.5, 0.6) is 11.5 Å². The van der Waals surface area contributed by atoms with Crippen molar-refractivity contribution in [2.24, 2.45) is 0 Å². The third-order valence-corrected chi connectivity index (χ3v) is 4.17. The monoisotopic (exact) mass is 391 g/mol. The molecule has 1 aromatic heterocycles. The molecule has 0 fully saturated rings. The number of aliphatic carboxylic acids is 1. The van der Waals surface area contributed by atoms with Gasteiger partial charge >= 0.3 is 5.97 Å².